The molecule has 0 aliphatic heterocycles. The molecule has 9 heteroatoms. The van der Waals surface area contributed by atoms with Crippen LogP contribution in [0.4, 0.5) is 5.95 Å². The smallest absolute Gasteiger partial charge is 0.252 e. The van der Waals surface area contributed by atoms with Crippen LogP contribution in [0, 0.1) is 16.7 Å². The number of amides is 1. The highest BCUT2D eigenvalue weighted by atomic mass is 35.5. The summed E-state index contributed by atoms with van der Waals surface area (Å²) in [6, 6.07) is 8.28. The third kappa shape index (κ3) is 6.29. The number of aromatic nitrogens is 2. The van der Waals surface area contributed by atoms with Crippen molar-refractivity contribution in [1.29, 1.82) is 10.7 Å². The number of nitriles is 1. The second kappa shape index (κ2) is 11.5. The first-order valence-corrected chi connectivity index (χ1v) is 9.94. The molecule has 1 heterocycles. The molecule has 4 N–H and O–H groups in total. The van der Waals surface area contributed by atoms with E-state index in [-0.39, 0.29) is 5.91 Å². The largest absolute Gasteiger partial charge is 0.389 e. The van der Waals surface area contributed by atoms with Crippen LogP contribution in [0.5, 0.6) is 0 Å². The number of halogens is 1. The van der Waals surface area contributed by atoms with Crippen LogP contribution >= 0.6 is 11.6 Å². The predicted octanol–water partition coefficient (Wildman–Crippen LogP) is 3.73. The number of rotatable bonds is 10. The molecule has 0 spiro atoms. The van der Waals surface area contributed by atoms with Crippen molar-refractivity contribution < 1.29 is 4.79 Å². The summed E-state index contributed by atoms with van der Waals surface area (Å²) >= 11 is 6.27. The molecule has 1 atom stereocenters. The summed E-state index contributed by atoms with van der Waals surface area (Å²) < 4.78 is 0. The highest BCUT2D eigenvalue weighted by molar-refractivity contribution is 6.32. The minimum atomic E-state index is -0.523. The van der Waals surface area contributed by atoms with Crippen molar-refractivity contribution in [2.45, 2.75) is 32.7 Å². The molecule has 30 heavy (non-hydrogen) atoms. The molecular formula is C21H24ClN7O. The van der Waals surface area contributed by atoms with Crippen molar-refractivity contribution in [2.24, 2.45) is 0 Å². The minimum Gasteiger partial charge on any atom is -0.389 e. The number of allylic oxidation sites excluding steroid dienone is 1. The summed E-state index contributed by atoms with van der Waals surface area (Å²) in [5, 5.41) is 25.6. The van der Waals surface area contributed by atoms with E-state index in [1.54, 1.807) is 30.5 Å². The van der Waals surface area contributed by atoms with Crippen molar-refractivity contribution in [3.05, 3.63) is 52.9 Å². The van der Waals surface area contributed by atoms with Crippen molar-refractivity contribution in [3.63, 3.8) is 0 Å². The summed E-state index contributed by atoms with van der Waals surface area (Å²) in [4.78, 5) is 20.8. The van der Waals surface area contributed by atoms with E-state index in [1.165, 1.54) is 12.4 Å². The molecule has 1 aromatic heterocycles. The van der Waals surface area contributed by atoms with E-state index >= 15 is 0 Å². The van der Waals surface area contributed by atoms with Crippen molar-refractivity contribution in [3.8, 4) is 17.3 Å². The fourth-order valence-corrected chi connectivity index (χ4v) is 2.65. The molecule has 0 aliphatic carbocycles. The molecular weight excluding hydrogens is 402 g/mol. The Balaban J connectivity index is 2.20. The molecule has 0 bridgehead atoms. The average Bonchev–Trinajstić information content (AvgIpc) is 2.78. The Kier molecular flexibility index (Phi) is 8.78. The van der Waals surface area contributed by atoms with E-state index in [2.05, 4.69) is 25.9 Å². The van der Waals surface area contributed by atoms with Crippen LogP contribution in [-0.2, 0) is 0 Å². The van der Waals surface area contributed by atoms with Gasteiger partial charge in [0, 0.05) is 30.1 Å². The number of carbonyl (C=O) groups excluding carboxylic acids is 1. The number of benzene rings is 1. The van der Waals surface area contributed by atoms with Gasteiger partial charge in [0.2, 0.25) is 5.95 Å². The zero-order chi connectivity index (χ0) is 21.9. The molecule has 156 valence electrons. The SMILES string of the molecule is CCCN/C=C(\C=N)Nc1ncc(Cl)c(-c2ccc(C(=O)N[C@H](C#N)CC)cc2)n1. The van der Waals surface area contributed by atoms with Gasteiger partial charge in [0.05, 0.1) is 28.7 Å². The van der Waals surface area contributed by atoms with Gasteiger partial charge in [0.25, 0.3) is 5.91 Å². The van der Waals surface area contributed by atoms with Gasteiger partial charge in [0.15, 0.2) is 0 Å². The van der Waals surface area contributed by atoms with Crippen LogP contribution in [0.2, 0.25) is 5.02 Å². The molecule has 0 fully saturated rings. The maximum absolute atomic E-state index is 12.2. The van der Waals surface area contributed by atoms with Gasteiger partial charge in [-0.3, -0.25) is 4.79 Å². The number of hydrogen-bond donors (Lipinski definition) is 4. The molecule has 2 rings (SSSR count). The lowest BCUT2D eigenvalue weighted by Gasteiger charge is -2.11. The Morgan fingerprint density at radius 2 is 2.07 bits per heavy atom. The van der Waals surface area contributed by atoms with Gasteiger partial charge in [-0.15, -0.1) is 0 Å². The molecule has 1 aromatic carbocycles. The summed E-state index contributed by atoms with van der Waals surface area (Å²) in [6.45, 7) is 4.67. The topological polar surface area (TPSA) is 127 Å². The molecule has 0 aliphatic rings. The van der Waals surface area contributed by atoms with E-state index in [0.717, 1.165) is 13.0 Å². The van der Waals surface area contributed by atoms with Crippen LogP contribution in [0.25, 0.3) is 11.3 Å². The van der Waals surface area contributed by atoms with Gasteiger partial charge >= 0.3 is 0 Å². The van der Waals surface area contributed by atoms with Crippen molar-refractivity contribution in [1.82, 2.24) is 20.6 Å². The van der Waals surface area contributed by atoms with Crippen molar-refractivity contribution >= 4 is 29.7 Å². The van der Waals surface area contributed by atoms with Crippen LogP contribution in [-0.4, -0.2) is 34.7 Å². The van der Waals surface area contributed by atoms with E-state index in [4.69, 9.17) is 22.3 Å². The first-order valence-electron chi connectivity index (χ1n) is 9.56. The molecule has 0 radical (unpaired) electrons. The van der Waals surface area contributed by atoms with Gasteiger partial charge in [-0.05, 0) is 25.0 Å². The zero-order valence-electron chi connectivity index (χ0n) is 16.9. The third-order valence-electron chi connectivity index (χ3n) is 4.10. The second-order valence-electron chi connectivity index (χ2n) is 6.35. The maximum Gasteiger partial charge on any atom is 0.252 e. The maximum atomic E-state index is 12.2. The number of anilines is 1. The zero-order valence-corrected chi connectivity index (χ0v) is 17.6. The van der Waals surface area contributed by atoms with Crippen LogP contribution in [0.1, 0.15) is 37.0 Å². The predicted molar refractivity (Wildman–Crippen MR) is 118 cm³/mol. The quantitative estimate of drug-likeness (QED) is 0.339. The average molecular weight is 426 g/mol. The lowest BCUT2D eigenvalue weighted by atomic mass is 10.1. The highest BCUT2D eigenvalue weighted by Gasteiger charge is 2.13. The van der Waals surface area contributed by atoms with Gasteiger partial charge in [-0.25, -0.2) is 9.97 Å². The van der Waals surface area contributed by atoms with Crippen LogP contribution in [0.3, 0.4) is 0 Å². The van der Waals surface area contributed by atoms with E-state index < -0.39 is 6.04 Å². The number of hydrogen-bond acceptors (Lipinski definition) is 7. The molecule has 0 saturated carbocycles. The fourth-order valence-electron chi connectivity index (χ4n) is 2.45. The summed E-state index contributed by atoms with van der Waals surface area (Å²) in [5.74, 6) is -0.0180. The fraction of sp³-hybridized carbons (Fsp3) is 0.286. The summed E-state index contributed by atoms with van der Waals surface area (Å²) in [5.41, 5.74) is 2.15. The van der Waals surface area contributed by atoms with Crippen LogP contribution < -0.4 is 16.0 Å². The second-order valence-corrected chi connectivity index (χ2v) is 6.76. The number of nitrogens with zero attached hydrogens (tertiary/aromatic N) is 3. The molecule has 8 nitrogen and oxygen atoms in total. The van der Waals surface area contributed by atoms with Gasteiger partial charge in [-0.1, -0.05) is 37.6 Å². The van der Waals surface area contributed by atoms with Gasteiger partial charge < -0.3 is 21.4 Å². The van der Waals surface area contributed by atoms with E-state index in [1.807, 2.05) is 19.9 Å². The van der Waals surface area contributed by atoms with Crippen molar-refractivity contribution in [2.75, 3.05) is 11.9 Å². The van der Waals surface area contributed by atoms with Gasteiger partial charge in [-0.2, -0.15) is 5.26 Å². The highest BCUT2D eigenvalue weighted by Crippen LogP contribution is 2.26. The van der Waals surface area contributed by atoms with E-state index in [9.17, 15) is 4.79 Å². The monoisotopic (exact) mass is 425 g/mol. The Labute approximate surface area is 180 Å². The van der Waals surface area contributed by atoms with Gasteiger partial charge in [0.1, 0.15) is 6.04 Å². The molecule has 1 amide bonds. The first kappa shape index (κ1) is 22.8. The Morgan fingerprint density at radius 1 is 1.33 bits per heavy atom. The molecule has 0 unspecified atom stereocenters. The standard InChI is InChI=1S/C21H24ClN7O/c1-3-9-25-12-17(11-24)28-21-26-13-18(22)19(29-21)14-5-7-15(8-6-14)20(30)27-16(4-2)10-23/h5-8,11-13,16,24-25H,3-4,9H2,1-2H3,(H,27,30)(H,26,28,29)/b17-12+,24-11?/t16-/m0/s1. The minimum absolute atomic E-state index is 0.295. The van der Waals surface area contributed by atoms with Crippen LogP contribution in [0.15, 0.2) is 42.4 Å². The normalized spacial score (nSPS) is 11.9. The lowest BCUT2D eigenvalue weighted by Crippen LogP contribution is -2.33. The Hall–Kier alpha value is -3.44. The Morgan fingerprint density at radius 3 is 2.67 bits per heavy atom. The first-order chi connectivity index (χ1) is 14.5. The Bertz CT molecular complexity index is 951. The summed E-state index contributed by atoms with van der Waals surface area (Å²) in [6.07, 6.45) is 5.83. The third-order valence-corrected chi connectivity index (χ3v) is 4.37. The number of carbonyl (C=O) groups is 1. The van der Waals surface area contributed by atoms with E-state index in [0.29, 0.717) is 39.9 Å². The molecule has 0 saturated heterocycles. The number of nitrogens with one attached hydrogen (secondary N) is 4. The molecule has 2 aromatic rings. The lowest BCUT2D eigenvalue weighted by molar-refractivity contribution is 0.0944. The summed E-state index contributed by atoms with van der Waals surface area (Å²) in [7, 11) is 0.